The zero-order chi connectivity index (χ0) is 20.8. The van der Waals surface area contributed by atoms with E-state index in [1.165, 1.54) is 0 Å². The summed E-state index contributed by atoms with van der Waals surface area (Å²) in [5.41, 5.74) is 0. The topological polar surface area (TPSA) is 76.7 Å². The Morgan fingerprint density at radius 3 is 1.43 bits per heavy atom. The van der Waals surface area contributed by atoms with E-state index < -0.39 is 12.2 Å². The number of hydrogen-bond acceptors (Lipinski definition) is 4. The number of rotatable bonds is 5. The summed E-state index contributed by atoms with van der Waals surface area (Å²) in [6.07, 6.45) is -1.17. The van der Waals surface area contributed by atoms with Crippen molar-refractivity contribution in [1.82, 2.24) is 10.6 Å². The summed E-state index contributed by atoms with van der Waals surface area (Å²) in [6, 6.07) is 26.3. The van der Waals surface area contributed by atoms with Crippen molar-refractivity contribution in [1.29, 1.82) is 0 Å². The Kier molecular flexibility index (Phi) is 5.75. The third-order valence-corrected chi connectivity index (χ3v) is 4.57. The Balaban J connectivity index is 1.25. The van der Waals surface area contributed by atoms with Gasteiger partial charge in [-0.25, -0.2) is 9.59 Å². The first kappa shape index (κ1) is 19.3. The van der Waals surface area contributed by atoms with Crippen LogP contribution in [-0.4, -0.2) is 25.3 Å². The van der Waals surface area contributed by atoms with Crippen LogP contribution in [0.4, 0.5) is 9.59 Å². The maximum atomic E-state index is 12.1. The SMILES string of the molecule is O=C(NCCNC(=O)Oc1cccc2ccccc12)Oc1cccc2ccccc12. The summed E-state index contributed by atoms with van der Waals surface area (Å²) in [5, 5.41) is 8.91. The molecular weight excluding hydrogens is 380 g/mol. The monoisotopic (exact) mass is 400 g/mol. The van der Waals surface area contributed by atoms with E-state index in [2.05, 4.69) is 10.6 Å². The molecule has 4 aromatic carbocycles. The van der Waals surface area contributed by atoms with Crippen LogP contribution in [0.1, 0.15) is 0 Å². The Morgan fingerprint density at radius 2 is 0.967 bits per heavy atom. The van der Waals surface area contributed by atoms with Crippen LogP contribution in [0.3, 0.4) is 0 Å². The number of fused-ring (bicyclic) bond motifs is 2. The molecule has 0 saturated carbocycles. The van der Waals surface area contributed by atoms with E-state index in [0.717, 1.165) is 21.5 Å². The molecule has 6 nitrogen and oxygen atoms in total. The lowest BCUT2D eigenvalue weighted by Gasteiger charge is -2.10. The molecule has 0 bridgehead atoms. The van der Waals surface area contributed by atoms with Gasteiger partial charge in [0.05, 0.1) is 0 Å². The lowest BCUT2D eigenvalue weighted by Crippen LogP contribution is -2.37. The molecule has 2 amide bonds. The quantitative estimate of drug-likeness (QED) is 0.469. The molecule has 0 aliphatic carbocycles. The Bertz CT molecular complexity index is 1100. The highest BCUT2D eigenvalue weighted by Gasteiger charge is 2.09. The molecule has 0 spiro atoms. The molecule has 150 valence electrons. The average molecular weight is 400 g/mol. The van der Waals surface area contributed by atoms with Crippen LogP contribution in [0.2, 0.25) is 0 Å². The van der Waals surface area contributed by atoms with Crippen LogP contribution in [-0.2, 0) is 0 Å². The second-order valence-corrected chi connectivity index (χ2v) is 6.59. The van der Waals surface area contributed by atoms with Gasteiger partial charge in [-0.15, -0.1) is 0 Å². The predicted octanol–water partition coefficient (Wildman–Crippen LogP) is 4.87. The first-order valence-electron chi connectivity index (χ1n) is 9.57. The number of carbonyl (C=O) groups is 2. The largest absolute Gasteiger partial charge is 0.412 e. The van der Waals surface area contributed by atoms with Gasteiger partial charge in [0.2, 0.25) is 0 Å². The predicted molar refractivity (Wildman–Crippen MR) is 116 cm³/mol. The van der Waals surface area contributed by atoms with E-state index in [9.17, 15) is 9.59 Å². The molecule has 4 aromatic rings. The van der Waals surface area contributed by atoms with Crippen molar-refractivity contribution >= 4 is 33.7 Å². The van der Waals surface area contributed by atoms with Crippen LogP contribution in [0.15, 0.2) is 84.9 Å². The summed E-state index contributed by atoms with van der Waals surface area (Å²) in [6.45, 7) is 0.405. The highest BCUT2D eigenvalue weighted by Crippen LogP contribution is 2.26. The van der Waals surface area contributed by atoms with Gasteiger partial charge in [0.1, 0.15) is 11.5 Å². The third kappa shape index (κ3) is 4.50. The van der Waals surface area contributed by atoms with E-state index in [0.29, 0.717) is 11.5 Å². The van der Waals surface area contributed by atoms with Crippen molar-refractivity contribution in [2.24, 2.45) is 0 Å². The summed E-state index contributed by atoms with van der Waals surface area (Å²) in [7, 11) is 0. The van der Waals surface area contributed by atoms with Gasteiger partial charge in [-0.05, 0) is 22.9 Å². The maximum Gasteiger partial charge on any atom is 0.412 e. The molecule has 2 N–H and O–H groups in total. The summed E-state index contributed by atoms with van der Waals surface area (Å²) in [5.74, 6) is 0.961. The molecule has 6 heteroatoms. The number of amides is 2. The molecule has 30 heavy (non-hydrogen) atoms. The standard InChI is InChI=1S/C24H20N2O4/c27-23(29-21-13-5-9-17-7-1-3-11-19(17)21)25-15-16-26-24(28)30-22-14-6-10-18-8-2-4-12-20(18)22/h1-14H,15-16H2,(H,25,27)(H,26,28). The smallest absolute Gasteiger partial charge is 0.410 e. The number of ether oxygens (including phenoxy) is 2. The summed E-state index contributed by atoms with van der Waals surface area (Å²) >= 11 is 0. The van der Waals surface area contributed by atoms with E-state index in [1.54, 1.807) is 12.1 Å². The number of benzene rings is 4. The average Bonchev–Trinajstić information content (AvgIpc) is 2.77. The summed E-state index contributed by atoms with van der Waals surface area (Å²) < 4.78 is 10.8. The van der Waals surface area contributed by atoms with Crippen molar-refractivity contribution in [3.05, 3.63) is 84.9 Å². The van der Waals surface area contributed by atoms with Gasteiger partial charge in [-0.2, -0.15) is 0 Å². The Hall–Kier alpha value is -4.06. The second kappa shape index (κ2) is 8.96. The van der Waals surface area contributed by atoms with Crippen LogP contribution in [0.25, 0.3) is 21.5 Å². The fourth-order valence-corrected chi connectivity index (χ4v) is 3.17. The first-order valence-corrected chi connectivity index (χ1v) is 9.57. The minimum absolute atomic E-state index is 0.203. The lowest BCUT2D eigenvalue weighted by atomic mass is 10.1. The van der Waals surface area contributed by atoms with Crippen LogP contribution in [0, 0.1) is 0 Å². The van der Waals surface area contributed by atoms with E-state index in [-0.39, 0.29) is 13.1 Å². The fraction of sp³-hybridized carbons (Fsp3) is 0.0833. The van der Waals surface area contributed by atoms with Gasteiger partial charge in [-0.1, -0.05) is 72.8 Å². The summed E-state index contributed by atoms with van der Waals surface area (Å²) in [4.78, 5) is 24.1. The van der Waals surface area contributed by atoms with Gasteiger partial charge in [0, 0.05) is 23.9 Å². The third-order valence-electron chi connectivity index (χ3n) is 4.57. The highest BCUT2D eigenvalue weighted by atomic mass is 16.6. The van der Waals surface area contributed by atoms with E-state index in [1.807, 2.05) is 72.8 Å². The normalized spacial score (nSPS) is 10.5. The van der Waals surface area contributed by atoms with Crippen molar-refractivity contribution in [2.45, 2.75) is 0 Å². The zero-order valence-electron chi connectivity index (χ0n) is 16.1. The molecule has 0 atom stereocenters. The van der Waals surface area contributed by atoms with Crippen molar-refractivity contribution < 1.29 is 19.1 Å². The first-order chi connectivity index (χ1) is 14.7. The molecule has 0 saturated heterocycles. The van der Waals surface area contributed by atoms with Crippen molar-refractivity contribution in [3.8, 4) is 11.5 Å². The molecule has 0 aromatic heterocycles. The van der Waals surface area contributed by atoms with E-state index >= 15 is 0 Å². The number of hydrogen-bond donors (Lipinski definition) is 2. The van der Waals surface area contributed by atoms with Crippen LogP contribution < -0.4 is 20.1 Å². The van der Waals surface area contributed by atoms with Gasteiger partial charge in [-0.3, -0.25) is 0 Å². The minimum atomic E-state index is -0.587. The van der Waals surface area contributed by atoms with Crippen LogP contribution >= 0.6 is 0 Å². The number of nitrogens with one attached hydrogen (secondary N) is 2. The number of carbonyl (C=O) groups excluding carboxylic acids is 2. The van der Waals surface area contributed by atoms with Gasteiger partial charge in [0.15, 0.2) is 0 Å². The molecular formula is C24H20N2O4. The van der Waals surface area contributed by atoms with Crippen molar-refractivity contribution in [3.63, 3.8) is 0 Å². The molecule has 0 fully saturated rings. The van der Waals surface area contributed by atoms with Gasteiger partial charge < -0.3 is 20.1 Å². The van der Waals surface area contributed by atoms with E-state index in [4.69, 9.17) is 9.47 Å². The van der Waals surface area contributed by atoms with Gasteiger partial charge >= 0.3 is 12.2 Å². The highest BCUT2D eigenvalue weighted by molar-refractivity contribution is 5.91. The Morgan fingerprint density at radius 1 is 0.567 bits per heavy atom. The molecule has 4 rings (SSSR count). The molecule has 0 unspecified atom stereocenters. The second-order valence-electron chi connectivity index (χ2n) is 6.59. The van der Waals surface area contributed by atoms with Crippen LogP contribution in [0.5, 0.6) is 11.5 Å². The zero-order valence-corrected chi connectivity index (χ0v) is 16.1. The minimum Gasteiger partial charge on any atom is -0.410 e. The van der Waals surface area contributed by atoms with Crippen molar-refractivity contribution in [2.75, 3.05) is 13.1 Å². The maximum absolute atomic E-state index is 12.1. The fourth-order valence-electron chi connectivity index (χ4n) is 3.17. The molecule has 0 heterocycles. The van der Waals surface area contributed by atoms with Gasteiger partial charge in [0.25, 0.3) is 0 Å². The Labute approximate surface area is 173 Å². The lowest BCUT2D eigenvalue weighted by molar-refractivity contribution is 0.196. The molecule has 0 aliphatic rings. The molecule has 0 radical (unpaired) electrons. The molecule has 0 aliphatic heterocycles.